The number of rotatable bonds is 7. The number of carbonyl (C=O) groups is 1. The number of halogens is 3. The second kappa shape index (κ2) is 9.80. The smallest absolute Gasteiger partial charge is 0.326 e. The van der Waals surface area contributed by atoms with E-state index in [9.17, 15) is 14.3 Å². The number of phenols is 1. The van der Waals surface area contributed by atoms with E-state index in [1.54, 1.807) is 13.0 Å². The summed E-state index contributed by atoms with van der Waals surface area (Å²) in [6.07, 6.45) is 0.226. The maximum absolute atomic E-state index is 14.1. The average Bonchev–Trinajstić information content (AvgIpc) is 2.61. The van der Waals surface area contributed by atoms with Gasteiger partial charge in [0.2, 0.25) is 5.95 Å². The van der Waals surface area contributed by atoms with Crippen molar-refractivity contribution in [1.29, 1.82) is 0 Å². The van der Waals surface area contributed by atoms with Gasteiger partial charge in [-0.25, -0.2) is 4.79 Å². The van der Waals surface area contributed by atoms with E-state index < -0.39 is 23.0 Å². The third-order valence-corrected chi connectivity index (χ3v) is 4.53. The molecule has 28 heavy (non-hydrogen) atoms. The number of nitrogens with zero attached hydrogens (tertiary/aromatic N) is 1. The van der Waals surface area contributed by atoms with E-state index in [1.807, 2.05) is 13.8 Å². The summed E-state index contributed by atoms with van der Waals surface area (Å²) < 4.78 is 19.8. The van der Waals surface area contributed by atoms with E-state index in [2.05, 4.69) is 10.3 Å². The standard InChI is InChI=1S/C18H19Cl2FN2O4.CH4/c1-4-11(18(25)26)22-17-14(20)15(13(19)16(21)23-17)27-9-5-6-12(24)10(7-9)8(2)3;/h5-8,11,24H,4H2,1-3H3,(H,22,23)(H,25,26);1H4/t11-;/m1./s1. The van der Waals surface area contributed by atoms with Crippen molar-refractivity contribution in [3.05, 3.63) is 39.8 Å². The predicted octanol–water partition coefficient (Wildman–Crippen LogP) is 6.06. The number of nitrogens with one attached hydrogen (secondary N) is 1. The highest BCUT2D eigenvalue weighted by Crippen LogP contribution is 2.42. The number of benzene rings is 1. The fourth-order valence-corrected chi connectivity index (χ4v) is 2.81. The van der Waals surface area contributed by atoms with E-state index in [1.165, 1.54) is 12.1 Å². The van der Waals surface area contributed by atoms with Crippen LogP contribution in [0.1, 0.15) is 46.1 Å². The van der Waals surface area contributed by atoms with Crippen LogP contribution in [0.5, 0.6) is 17.2 Å². The number of aromatic hydroxyl groups is 1. The van der Waals surface area contributed by atoms with Crippen LogP contribution in [0, 0.1) is 5.95 Å². The topological polar surface area (TPSA) is 91.7 Å². The summed E-state index contributed by atoms with van der Waals surface area (Å²) in [4.78, 5) is 14.8. The van der Waals surface area contributed by atoms with Gasteiger partial charge in [0, 0.05) is 5.56 Å². The van der Waals surface area contributed by atoms with Crippen molar-refractivity contribution in [3.8, 4) is 17.2 Å². The molecule has 0 unspecified atom stereocenters. The zero-order valence-electron chi connectivity index (χ0n) is 14.9. The van der Waals surface area contributed by atoms with Gasteiger partial charge in [-0.05, 0) is 30.5 Å². The molecule has 0 saturated heterocycles. The highest BCUT2D eigenvalue weighted by atomic mass is 35.5. The molecule has 6 nitrogen and oxygen atoms in total. The molecule has 1 atom stereocenters. The number of phenolic OH excluding ortho intramolecular Hbond substituents is 1. The van der Waals surface area contributed by atoms with Crippen molar-refractivity contribution in [2.24, 2.45) is 0 Å². The number of aliphatic carboxylic acids is 1. The summed E-state index contributed by atoms with van der Waals surface area (Å²) in [7, 11) is 0. The normalized spacial score (nSPS) is 11.7. The maximum Gasteiger partial charge on any atom is 0.326 e. The Bertz CT molecular complexity index is 862. The number of hydrogen-bond donors (Lipinski definition) is 3. The minimum atomic E-state index is -1.13. The van der Waals surface area contributed by atoms with Crippen molar-refractivity contribution in [2.45, 2.75) is 46.6 Å². The van der Waals surface area contributed by atoms with Gasteiger partial charge in [-0.1, -0.05) is 51.4 Å². The molecule has 0 aliphatic heterocycles. The van der Waals surface area contributed by atoms with Crippen molar-refractivity contribution in [1.82, 2.24) is 4.98 Å². The molecule has 0 saturated carbocycles. The van der Waals surface area contributed by atoms with Gasteiger partial charge in [0.25, 0.3) is 0 Å². The van der Waals surface area contributed by atoms with Crippen molar-refractivity contribution >= 4 is 35.0 Å². The second-order valence-electron chi connectivity index (χ2n) is 6.13. The zero-order chi connectivity index (χ0) is 20.3. The summed E-state index contributed by atoms with van der Waals surface area (Å²) in [6.45, 7) is 5.43. The molecule has 0 aliphatic carbocycles. The Morgan fingerprint density at radius 2 is 1.96 bits per heavy atom. The van der Waals surface area contributed by atoms with Crippen LogP contribution >= 0.6 is 23.2 Å². The molecule has 2 rings (SSSR count). The fraction of sp³-hybridized carbons (Fsp3) is 0.368. The van der Waals surface area contributed by atoms with Gasteiger partial charge in [-0.15, -0.1) is 0 Å². The number of hydrogen-bond acceptors (Lipinski definition) is 5. The van der Waals surface area contributed by atoms with Gasteiger partial charge < -0.3 is 20.3 Å². The van der Waals surface area contributed by atoms with E-state index in [-0.39, 0.29) is 47.9 Å². The summed E-state index contributed by atoms with van der Waals surface area (Å²) in [5, 5.41) is 21.0. The molecular formula is C19H23Cl2FN2O4. The minimum Gasteiger partial charge on any atom is -0.508 e. The van der Waals surface area contributed by atoms with Gasteiger partial charge in [-0.3, -0.25) is 0 Å². The van der Waals surface area contributed by atoms with Crippen molar-refractivity contribution < 1.29 is 24.1 Å². The minimum absolute atomic E-state index is 0. The van der Waals surface area contributed by atoms with Gasteiger partial charge in [0.15, 0.2) is 11.6 Å². The van der Waals surface area contributed by atoms with E-state index >= 15 is 0 Å². The molecule has 0 aliphatic rings. The van der Waals surface area contributed by atoms with Crippen LogP contribution in [0.15, 0.2) is 18.2 Å². The lowest BCUT2D eigenvalue weighted by Crippen LogP contribution is -2.29. The fourth-order valence-electron chi connectivity index (χ4n) is 2.36. The Balaban J connectivity index is 0.00000392. The molecule has 0 amide bonds. The molecule has 2 aromatic rings. The van der Waals surface area contributed by atoms with Crippen molar-refractivity contribution in [2.75, 3.05) is 5.32 Å². The predicted molar refractivity (Wildman–Crippen MR) is 109 cm³/mol. The number of carboxylic acids is 1. The Morgan fingerprint density at radius 1 is 1.32 bits per heavy atom. The molecule has 3 N–H and O–H groups in total. The van der Waals surface area contributed by atoms with Gasteiger partial charge in [-0.2, -0.15) is 9.37 Å². The number of pyridine rings is 1. The largest absolute Gasteiger partial charge is 0.508 e. The van der Waals surface area contributed by atoms with Gasteiger partial charge in [0.05, 0.1) is 0 Å². The average molecular weight is 433 g/mol. The first-order chi connectivity index (χ1) is 12.6. The number of anilines is 1. The van der Waals surface area contributed by atoms with E-state index in [0.717, 1.165) is 0 Å². The molecule has 0 fully saturated rings. The first kappa shape index (κ1) is 23.8. The lowest BCUT2D eigenvalue weighted by molar-refractivity contribution is -0.137. The number of ether oxygens (including phenoxy) is 1. The quantitative estimate of drug-likeness (QED) is 0.460. The Labute approximate surface area is 173 Å². The molecule has 1 aromatic heterocycles. The third-order valence-electron chi connectivity index (χ3n) is 3.86. The lowest BCUT2D eigenvalue weighted by atomic mass is 10.0. The summed E-state index contributed by atoms with van der Waals surface area (Å²) >= 11 is 12.2. The van der Waals surface area contributed by atoms with Crippen molar-refractivity contribution in [3.63, 3.8) is 0 Å². The van der Waals surface area contributed by atoms with Crippen LogP contribution in [0.4, 0.5) is 10.2 Å². The third kappa shape index (κ3) is 5.17. The first-order valence-electron chi connectivity index (χ1n) is 8.20. The maximum atomic E-state index is 14.1. The van der Waals surface area contributed by atoms with E-state index in [0.29, 0.717) is 5.56 Å². The molecule has 9 heteroatoms. The molecule has 1 aromatic carbocycles. The highest BCUT2D eigenvalue weighted by Gasteiger charge is 2.24. The summed E-state index contributed by atoms with van der Waals surface area (Å²) in [5.74, 6) is -2.17. The Morgan fingerprint density at radius 3 is 2.50 bits per heavy atom. The SMILES string of the molecule is C.CC[C@@H](Nc1nc(F)c(Cl)c(Oc2ccc(O)c(C(C)C)c2)c1Cl)C(=O)O. The Hall–Kier alpha value is -2.25. The Kier molecular flexibility index (Phi) is 8.32. The van der Waals surface area contributed by atoms with Gasteiger partial charge in [0.1, 0.15) is 27.6 Å². The van der Waals surface area contributed by atoms with Gasteiger partial charge >= 0.3 is 5.97 Å². The molecule has 0 spiro atoms. The molecule has 154 valence electrons. The van der Waals surface area contributed by atoms with Crippen LogP contribution in [-0.2, 0) is 4.79 Å². The van der Waals surface area contributed by atoms with Crippen LogP contribution in [0.3, 0.4) is 0 Å². The molecule has 0 bridgehead atoms. The lowest BCUT2D eigenvalue weighted by Gasteiger charge is -2.18. The van der Waals surface area contributed by atoms with E-state index in [4.69, 9.17) is 33.0 Å². The number of aromatic nitrogens is 1. The summed E-state index contributed by atoms with van der Waals surface area (Å²) in [6, 6.07) is 3.50. The van der Waals surface area contributed by atoms with Crippen LogP contribution in [0.25, 0.3) is 0 Å². The monoisotopic (exact) mass is 432 g/mol. The van der Waals surface area contributed by atoms with Crippen LogP contribution in [-0.4, -0.2) is 27.2 Å². The number of carboxylic acid groups (broad SMARTS) is 1. The highest BCUT2D eigenvalue weighted by molar-refractivity contribution is 6.38. The van der Waals surface area contributed by atoms with Crippen LogP contribution < -0.4 is 10.1 Å². The van der Waals surface area contributed by atoms with Crippen LogP contribution in [0.2, 0.25) is 10.0 Å². The molecule has 0 radical (unpaired) electrons. The summed E-state index contributed by atoms with van der Waals surface area (Å²) in [5.41, 5.74) is 0.629. The zero-order valence-corrected chi connectivity index (χ0v) is 16.4. The molecule has 1 heterocycles. The first-order valence-corrected chi connectivity index (χ1v) is 8.95. The molecular weight excluding hydrogens is 410 g/mol. The second-order valence-corrected chi connectivity index (χ2v) is 6.89.